The van der Waals surface area contributed by atoms with Gasteiger partial charge in [-0.3, -0.25) is 0 Å². The molecule has 2 heterocycles. The summed E-state index contributed by atoms with van der Waals surface area (Å²) in [5.41, 5.74) is 1.22. The number of hydrogen-bond donors (Lipinski definition) is 2. The molecule has 1 atom stereocenters. The predicted octanol–water partition coefficient (Wildman–Crippen LogP) is 2.79. The molecule has 1 aromatic carbocycles. The molecule has 7 heteroatoms. The van der Waals surface area contributed by atoms with Gasteiger partial charge in [0.05, 0.1) is 17.9 Å². The number of allylic oxidation sites excluding steroid dienone is 1. The smallest absolute Gasteiger partial charge is 0.338 e. The van der Waals surface area contributed by atoms with Gasteiger partial charge in [0.1, 0.15) is 18.2 Å². The summed E-state index contributed by atoms with van der Waals surface area (Å²) in [5.74, 6) is -0.486. The summed E-state index contributed by atoms with van der Waals surface area (Å²) < 4.78 is 23.5. The summed E-state index contributed by atoms with van der Waals surface area (Å²) >= 11 is 0. The molecule has 1 aliphatic rings. The molecule has 124 valence electrons. The van der Waals surface area contributed by atoms with E-state index in [4.69, 9.17) is 9.15 Å². The molecule has 0 fully saturated rings. The second-order valence-electron chi connectivity index (χ2n) is 5.28. The molecular weight excluding hydrogens is 315 g/mol. The van der Waals surface area contributed by atoms with Crippen molar-refractivity contribution in [1.29, 1.82) is 0 Å². The maximum Gasteiger partial charge on any atom is 0.338 e. The minimum Gasteiger partial charge on any atom is -0.466 e. The zero-order valence-electron chi connectivity index (χ0n) is 12.8. The van der Waals surface area contributed by atoms with E-state index in [1.54, 1.807) is 19.1 Å². The van der Waals surface area contributed by atoms with Crippen LogP contribution in [0, 0.1) is 5.82 Å². The lowest BCUT2D eigenvalue weighted by atomic mass is 9.95. The highest BCUT2D eigenvalue weighted by Crippen LogP contribution is 2.28. The van der Waals surface area contributed by atoms with Crippen LogP contribution in [-0.2, 0) is 16.1 Å². The maximum absolute atomic E-state index is 13.1. The van der Waals surface area contributed by atoms with Crippen LogP contribution < -0.4 is 10.6 Å². The van der Waals surface area contributed by atoms with E-state index >= 15 is 0 Å². The third kappa shape index (κ3) is 3.29. The van der Waals surface area contributed by atoms with E-state index < -0.39 is 23.9 Å². The Morgan fingerprint density at radius 1 is 1.29 bits per heavy atom. The Bertz CT molecular complexity index is 781. The first-order chi connectivity index (χ1) is 11.5. The van der Waals surface area contributed by atoms with E-state index in [0.29, 0.717) is 17.0 Å². The van der Waals surface area contributed by atoms with Crippen molar-refractivity contribution < 1.29 is 23.1 Å². The van der Waals surface area contributed by atoms with E-state index in [0.717, 1.165) is 0 Å². The van der Waals surface area contributed by atoms with E-state index in [1.807, 2.05) is 0 Å². The van der Waals surface area contributed by atoms with Crippen molar-refractivity contribution in [1.82, 2.24) is 10.6 Å². The minimum atomic E-state index is -0.719. The molecule has 2 N–H and O–H groups in total. The number of rotatable bonds is 4. The predicted molar refractivity (Wildman–Crippen MR) is 82.0 cm³/mol. The zero-order chi connectivity index (χ0) is 17.1. The molecule has 0 spiro atoms. The van der Waals surface area contributed by atoms with Gasteiger partial charge in [0.15, 0.2) is 0 Å². The average Bonchev–Trinajstić information content (AvgIpc) is 3.06. The third-order valence-corrected chi connectivity index (χ3v) is 3.62. The van der Waals surface area contributed by atoms with Gasteiger partial charge in [0, 0.05) is 5.70 Å². The molecule has 0 saturated heterocycles. The molecule has 2 amide bonds. The van der Waals surface area contributed by atoms with Crippen molar-refractivity contribution in [2.45, 2.75) is 19.6 Å². The second kappa shape index (κ2) is 6.57. The van der Waals surface area contributed by atoms with Gasteiger partial charge in [0.2, 0.25) is 0 Å². The Morgan fingerprint density at radius 2 is 2.04 bits per heavy atom. The minimum absolute atomic E-state index is 0.0211. The fourth-order valence-electron chi connectivity index (χ4n) is 2.48. The Labute approximate surface area is 137 Å². The van der Waals surface area contributed by atoms with Crippen LogP contribution >= 0.6 is 0 Å². The van der Waals surface area contributed by atoms with Gasteiger partial charge >= 0.3 is 12.0 Å². The van der Waals surface area contributed by atoms with Crippen LogP contribution in [0.25, 0.3) is 0 Å². The fourth-order valence-corrected chi connectivity index (χ4v) is 2.48. The van der Waals surface area contributed by atoms with Crippen molar-refractivity contribution in [2.75, 3.05) is 0 Å². The Morgan fingerprint density at radius 3 is 2.71 bits per heavy atom. The van der Waals surface area contributed by atoms with Gasteiger partial charge in [-0.2, -0.15) is 0 Å². The molecule has 2 aromatic rings. The Balaban J connectivity index is 1.85. The highest BCUT2D eigenvalue weighted by molar-refractivity contribution is 5.95. The number of furan rings is 1. The van der Waals surface area contributed by atoms with Crippen LogP contribution in [0.2, 0.25) is 0 Å². The van der Waals surface area contributed by atoms with Crippen LogP contribution in [-0.4, -0.2) is 12.0 Å². The molecule has 6 nitrogen and oxygen atoms in total. The van der Waals surface area contributed by atoms with Crippen LogP contribution in [0.4, 0.5) is 9.18 Å². The van der Waals surface area contributed by atoms with E-state index in [-0.39, 0.29) is 12.2 Å². The lowest BCUT2D eigenvalue weighted by Crippen LogP contribution is -2.45. The number of amides is 2. The van der Waals surface area contributed by atoms with Gasteiger partial charge in [-0.15, -0.1) is 0 Å². The SMILES string of the molecule is CC1=C(C(=O)OCc2ccco2)C(c2ccc(F)cc2)NC(=O)N1. The molecule has 0 radical (unpaired) electrons. The van der Waals surface area contributed by atoms with Crippen LogP contribution in [0.15, 0.2) is 58.3 Å². The first kappa shape index (κ1) is 15.8. The summed E-state index contributed by atoms with van der Waals surface area (Å²) in [4.78, 5) is 24.2. The number of halogens is 1. The normalized spacial score (nSPS) is 17.2. The Kier molecular flexibility index (Phi) is 4.33. The van der Waals surface area contributed by atoms with Gasteiger partial charge in [0.25, 0.3) is 0 Å². The van der Waals surface area contributed by atoms with Gasteiger partial charge < -0.3 is 19.8 Å². The molecule has 1 aliphatic heterocycles. The first-order valence-electron chi connectivity index (χ1n) is 7.28. The molecule has 0 bridgehead atoms. The van der Waals surface area contributed by atoms with Crippen molar-refractivity contribution >= 4 is 12.0 Å². The largest absolute Gasteiger partial charge is 0.466 e. The average molecular weight is 330 g/mol. The standard InChI is InChI=1S/C17H15FN2O4/c1-10-14(16(21)24-9-13-3-2-8-23-13)15(20-17(22)19-10)11-4-6-12(18)7-5-11/h2-8,15H,9H2,1H3,(H2,19,20,22). The molecule has 24 heavy (non-hydrogen) atoms. The van der Waals surface area contributed by atoms with Crippen molar-refractivity contribution in [3.63, 3.8) is 0 Å². The van der Waals surface area contributed by atoms with Crippen molar-refractivity contribution in [2.24, 2.45) is 0 Å². The zero-order valence-corrected chi connectivity index (χ0v) is 12.8. The van der Waals surface area contributed by atoms with Gasteiger partial charge in [-0.25, -0.2) is 14.0 Å². The maximum atomic E-state index is 13.1. The number of benzene rings is 1. The molecule has 0 aliphatic carbocycles. The quantitative estimate of drug-likeness (QED) is 0.845. The van der Waals surface area contributed by atoms with Gasteiger partial charge in [-0.1, -0.05) is 12.1 Å². The number of esters is 1. The molecular formula is C17H15FN2O4. The lowest BCUT2D eigenvalue weighted by Gasteiger charge is -2.28. The molecule has 0 saturated carbocycles. The highest BCUT2D eigenvalue weighted by Gasteiger charge is 2.32. The van der Waals surface area contributed by atoms with E-state index in [1.165, 1.54) is 30.5 Å². The second-order valence-corrected chi connectivity index (χ2v) is 5.28. The van der Waals surface area contributed by atoms with Crippen molar-refractivity contribution in [3.05, 3.63) is 71.1 Å². The molecule has 1 aromatic heterocycles. The number of carbonyl (C=O) groups excluding carboxylic acids is 2. The van der Waals surface area contributed by atoms with E-state index in [9.17, 15) is 14.0 Å². The first-order valence-corrected chi connectivity index (χ1v) is 7.28. The monoisotopic (exact) mass is 330 g/mol. The number of carbonyl (C=O) groups is 2. The number of ether oxygens (including phenoxy) is 1. The Hall–Kier alpha value is -3.09. The molecule has 1 unspecified atom stereocenters. The third-order valence-electron chi connectivity index (χ3n) is 3.62. The number of hydrogen-bond acceptors (Lipinski definition) is 4. The fraction of sp³-hybridized carbons (Fsp3) is 0.176. The number of urea groups is 1. The van der Waals surface area contributed by atoms with Crippen LogP contribution in [0.1, 0.15) is 24.3 Å². The lowest BCUT2D eigenvalue weighted by molar-refractivity contribution is -0.141. The van der Waals surface area contributed by atoms with Gasteiger partial charge in [-0.05, 0) is 36.8 Å². The summed E-state index contributed by atoms with van der Waals surface area (Å²) in [6.45, 7) is 1.59. The van der Waals surface area contributed by atoms with Crippen LogP contribution in [0.3, 0.4) is 0 Å². The number of nitrogens with one attached hydrogen (secondary N) is 2. The molecule has 3 rings (SSSR count). The summed E-state index contributed by atoms with van der Waals surface area (Å²) in [6.07, 6.45) is 1.48. The topological polar surface area (TPSA) is 80.6 Å². The highest BCUT2D eigenvalue weighted by atomic mass is 19.1. The van der Waals surface area contributed by atoms with Crippen molar-refractivity contribution in [3.8, 4) is 0 Å². The summed E-state index contributed by atoms with van der Waals surface area (Å²) in [5, 5.41) is 5.20. The van der Waals surface area contributed by atoms with E-state index in [2.05, 4.69) is 10.6 Å². The summed E-state index contributed by atoms with van der Waals surface area (Å²) in [7, 11) is 0. The van der Waals surface area contributed by atoms with Crippen LogP contribution in [0.5, 0.6) is 0 Å². The summed E-state index contributed by atoms with van der Waals surface area (Å²) in [6, 6.07) is 7.78.